The van der Waals surface area contributed by atoms with Crippen LogP contribution < -0.4 is 15.5 Å². The summed E-state index contributed by atoms with van der Waals surface area (Å²) in [7, 11) is 0. The third-order valence-electron chi connectivity index (χ3n) is 3.61. The monoisotopic (exact) mass is 345 g/mol. The van der Waals surface area contributed by atoms with Crippen molar-refractivity contribution in [2.24, 2.45) is 0 Å². The maximum atomic E-state index is 12.1. The number of carbonyl (C=O) groups excluding carboxylic acids is 2. The number of amides is 3. The number of hydrogen-bond acceptors (Lipinski definition) is 5. The molecular formula is C18H23N3O4. The SMILES string of the molecule is CC[C@@H](O)CN(CC(=O)NC(=O)NCc1ccco1)c1ccccc1. The van der Waals surface area contributed by atoms with Crippen LogP contribution in [0.4, 0.5) is 10.5 Å². The van der Waals surface area contributed by atoms with Crippen LogP contribution in [0.3, 0.4) is 0 Å². The Balaban J connectivity index is 1.88. The quantitative estimate of drug-likeness (QED) is 0.679. The summed E-state index contributed by atoms with van der Waals surface area (Å²) in [5.41, 5.74) is 0.807. The Morgan fingerprint density at radius 1 is 1.20 bits per heavy atom. The maximum Gasteiger partial charge on any atom is 0.321 e. The van der Waals surface area contributed by atoms with E-state index in [2.05, 4.69) is 10.6 Å². The van der Waals surface area contributed by atoms with E-state index in [1.165, 1.54) is 6.26 Å². The van der Waals surface area contributed by atoms with Crippen LogP contribution in [0.25, 0.3) is 0 Å². The Kier molecular flexibility index (Phi) is 7.03. The van der Waals surface area contributed by atoms with Crippen LogP contribution in [0.1, 0.15) is 19.1 Å². The number of nitrogens with zero attached hydrogens (tertiary/aromatic N) is 1. The summed E-state index contributed by atoms with van der Waals surface area (Å²) in [5.74, 6) is 0.142. The van der Waals surface area contributed by atoms with Crippen molar-refractivity contribution < 1.29 is 19.1 Å². The van der Waals surface area contributed by atoms with Crippen molar-refractivity contribution in [2.75, 3.05) is 18.0 Å². The van der Waals surface area contributed by atoms with E-state index in [1.54, 1.807) is 17.0 Å². The number of imide groups is 1. The van der Waals surface area contributed by atoms with Gasteiger partial charge in [-0.05, 0) is 30.7 Å². The van der Waals surface area contributed by atoms with Gasteiger partial charge in [-0.2, -0.15) is 0 Å². The molecule has 0 spiro atoms. The number of aliphatic hydroxyl groups is 1. The van der Waals surface area contributed by atoms with E-state index in [0.717, 1.165) is 5.69 Å². The first-order valence-electron chi connectivity index (χ1n) is 8.16. The van der Waals surface area contributed by atoms with Gasteiger partial charge in [0.2, 0.25) is 5.91 Å². The topological polar surface area (TPSA) is 94.8 Å². The number of furan rings is 1. The lowest BCUT2D eigenvalue weighted by atomic mass is 10.2. The lowest BCUT2D eigenvalue weighted by Gasteiger charge is -2.26. The summed E-state index contributed by atoms with van der Waals surface area (Å²) < 4.78 is 5.10. The summed E-state index contributed by atoms with van der Waals surface area (Å²) >= 11 is 0. The smallest absolute Gasteiger partial charge is 0.321 e. The molecule has 7 nitrogen and oxygen atoms in total. The number of rotatable bonds is 8. The predicted octanol–water partition coefficient (Wildman–Crippen LogP) is 1.88. The van der Waals surface area contributed by atoms with Crippen LogP contribution in [-0.2, 0) is 11.3 Å². The second-order valence-electron chi connectivity index (χ2n) is 5.59. The van der Waals surface area contributed by atoms with E-state index in [9.17, 15) is 14.7 Å². The minimum absolute atomic E-state index is 0.0325. The number of urea groups is 1. The van der Waals surface area contributed by atoms with Crippen LogP contribution in [0.2, 0.25) is 0 Å². The zero-order chi connectivity index (χ0) is 18.1. The van der Waals surface area contributed by atoms with Gasteiger partial charge in [-0.15, -0.1) is 0 Å². The third kappa shape index (κ3) is 6.31. The van der Waals surface area contributed by atoms with Gasteiger partial charge in [-0.1, -0.05) is 25.1 Å². The van der Waals surface area contributed by atoms with Crippen LogP contribution in [-0.4, -0.2) is 36.2 Å². The molecule has 0 unspecified atom stereocenters. The van der Waals surface area contributed by atoms with Gasteiger partial charge in [0.15, 0.2) is 0 Å². The highest BCUT2D eigenvalue weighted by molar-refractivity contribution is 5.96. The summed E-state index contributed by atoms with van der Waals surface area (Å²) in [6.07, 6.45) is 1.53. The zero-order valence-electron chi connectivity index (χ0n) is 14.1. The first-order valence-corrected chi connectivity index (χ1v) is 8.16. The molecule has 0 fully saturated rings. The molecule has 2 rings (SSSR count). The molecule has 0 saturated heterocycles. The fraction of sp³-hybridized carbons (Fsp3) is 0.333. The lowest BCUT2D eigenvalue weighted by molar-refractivity contribution is -0.118. The van der Waals surface area contributed by atoms with Crippen molar-refractivity contribution in [3.05, 3.63) is 54.5 Å². The summed E-state index contributed by atoms with van der Waals surface area (Å²) in [6, 6.07) is 12.1. The molecule has 3 N–H and O–H groups in total. The van der Waals surface area contributed by atoms with Gasteiger partial charge in [0, 0.05) is 12.2 Å². The minimum atomic E-state index is -0.592. The number of anilines is 1. The van der Waals surface area contributed by atoms with E-state index in [4.69, 9.17) is 4.42 Å². The van der Waals surface area contributed by atoms with Crippen molar-refractivity contribution in [3.63, 3.8) is 0 Å². The molecule has 0 bridgehead atoms. The maximum absolute atomic E-state index is 12.1. The van der Waals surface area contributed by atoms with E-state index in [1.807, 2.05) is 37.3 Å². The Hall–Kier alpha value is -2.80. The van der Waals surface area contributed by atoms with Crippen molar-refractivity contribution in [3.8, 4) is 0 Å². The number of para-hydroxylation sites is 1. The van der Waals surface area contributed by atoms with Gasteiger partial charge >= 0.3 is 6.03 Å². The number of aliphatic hydroxyl groups excluding tert-OH is 1. The average Bonchev–Trinajstić information content (AvgIpc) is 3.13. The van der Waals surface area contributed by atoms with Crippen molar-refractivity contribution >= 4 is 17.6 Å². The lowest BCUT2D eigenvalue weighted by Crippen LogP contribution is -2.46. The Morgan fingerprint density at radius 2 is 1.96 bits per heavy atom. The summed E-state index contributed by atoms with van der Waals surface area (Å²) in [4.78, 5) is 25.7. The second-order valence-corrected chi connectivity index (χ2v) is 5.59. The Bertz CT molecular complexity index is 658. The Morgan fingerprint density at radius 3 is 2.60 bits per heavy atom. The van der Waals surface area contributed by atoms with E-state index >= 15 is 0 Å². The molecule has 2 aromatic rings. The van der Waals surface area contributed by atoms with Gasteiger partial charge in [-0.3, -0.25) is 10.1 Å². The molecular weight excluding hydrogens is 322 g/mol. The average molecular weight is 345 g/mol. The molecule has 7 heteroatoms. The van der Waals surface area contributed by atoms with E-state index in [-0.39, 0.29) is 13.1 Å². The summed E-state index contributed by atoms with van der Waals surface area (Å²) in [5, 5.41) is 14.7. The largest absolute Gasteiger partial charge is 0.467 e. The molecule has 1 atom stereocenters. The standard InChI is InChI=1S/C18H23N3O4/c1-2-15(22)12-21(14-7-4-3-5-8-14)13-17(23)20-18(24)19-11-16-9-6-10-25-16/h3-10,15,22H,2,11-13H2,1H3,(H2,19,20,23,24)/t15-/m1/s1. The minimum Gasteiger partial charge on any atom is -0.467 e. The molecule has 0 aliphatic rings. The van der Waals surface area contributed by atoms with Crippen LogP contribution in [0.5, 0.6) is 0 Å². The first kappa shape index (κ1) is 18.5. The van der Waals surface area contributed by atoms with Gasteiger partial charge < -0.3 is 19.7 Å². The van der Waals surface area contributed by atoms with Crippen molar-refractivity contribution in [2.45, 2.75) is 26.0 Å². The van der Waals surface area contributed by atoms with Gasteiger partial charge in [-0.25, -0.2) is 4.79 Å². The normalized spacial score (nSPS) is 11.6. The number of hydrogen-bond donors (Lipinski definition) is 3. The predicted molar refractivity (Wildman–Crippen MR) is 94.0 cm³/mol. The summed E-state index contributed by atoms with van der Waals surface area (Å²) in [6.45, 7) is 2.34. The van der Waals surface area contributed by atoms with Crippen LogP contribution in [0, 0.1) is 0 Å². The molecule has 1 heterocycles. The van der Waals surface area contributed by atoms with E-state index < -0.39 is 18.0 Å². The first-order chi connectivity index (χ1) is 12.1. The van der Waals surface area contributed by atoms with E-state index in [0.29, 0.717) is 18.7 Å². The Labute approximate surface area is 146 Å². The molecule has 0 radical (unpaired) electrons. The second kappa shape index (κ2) is 9.48. The van der Waals surface area contributed by atoms with Crippen LogP contribution >= 0.6 is 0 Å². The molecule has 1 aromatic carbocycles. The van der Waals surface area contributed by atoms with Crippen molar-refractivity contribution in [1.29, 1.82) is 0 Å². The zero-order valence-corrected chi connectivity index (χ0v) is 14.1. The highest BCUT2D eigenvalue weighted by atomic mass is 16.3. The molecule has 1 aromatic heterocycles. The van der Waals surface area contributed by atoms with Crippen molar-refractivity contribution in [1.82, 2.24) is 10.6 Å². The van der Waals surface area contributed by atoms with Gasteiger partial charge in [0.1, 0.15) is 5.76 Å². The fourth-order valence-corrected chi connectivity index (χ4v) is 2.25. The fourth-order valence-electron chi connectivity index (χ4n) is 2.25. The van der Waals surface area contributed by atoms with Gasteiger partial charge in [0.05, 0.1) is 25.5 Å². The molecule has 3 amide bonds. The highest BCUT2D eigenvalue weighted by Gasteiger charge is 2.16. The van der Waals surface area contributed by atoms with Crippen LogP contribution in [0.15, 0.2) is 53.1 Å². The number of carbonyl (C=O) groups is 2. The number of nitrogens with one attached hydrogen (secondary N) is 2. The van der Waals surface area contributed by atoms with Gasteiger partial charge in [0.25, 0.3) is 0 Å². The molecule has 0 aliphatic carbocycles. The molecule has 25 heavy (non-hydrogen) atoms. The highest BCUT2D eigenvalue weighted by Crippen LogP contribution is 2.14. The third-order valence-corrected chi connectivity index (χ3v) is 3.61. The molecule has 0 saturated carbocycles. The number of benzene rings is 1. The molecule has 0 aliphatic heterocycles. The molecule has 134 valence electrons.